The van der Waals surface area contributed by atoms with Crippen LogP contribution in [0.2, 0.25) is 0 Å². The summed E-state index contributed by atoms with van der Waals surface area (Å²) in [6.07, 6.45) is 5.83. The lowest BCUT2D eigenvalue weighted by Gasteiger charge is -2.35. The fraction of sp³-hybridized carbons (Fsp3) is 0.696. The smallest absolute Gasteiger partial charge is 0.317 e. The Balaban J connectivity index is 1.94. The number of rotatable bonds is 11. The van der Waals surface area contributed by atoms with Crippen LogP contribution in [0.1, 0.15) is 58.1 Å². The van der Waals surface area contributed by atoms with Crippen LogP contribution in [0.3, 0.4) is 0 Å². The molecule has 0 heterocycles. The van der Waals surface area contributed by atoms with Crippen LogP contribution in [0.25, 0.3) is 0 Å². The molecule has 0 aromatic heterocycles. The Hall–Kier alpha value is -1.75. The molecular weight excluding hydrogens is 350 g/mol. The van der Waals surface area contributed by atoms with Gasteiger partial charge in [-0.05, 0) is 76.2 Å². The summed E-state index contributed by atoms with van der Waals surface area (Å²) in [5.41, 5.74) is 2.79. The van der Waals surface area contributed by atoms with Crippen molar-refractivity contribution in [2.24, 2.45) is 0 Å². The van der Waals surface area contributed by atoms with Crippen LogP contribution < -0.4 is 10.1 Å². The zero-order chi connectivity index (χ0) is 20.4. The second kappa shape index (κ2) is 11.9. The second-order valence-electron chi connectivity index (χ2n) is 7.58. The predicted octanol–water partition coefficient (Wildman–Crippen LogP) is 4.10. The van der Waals surface area contributed by atoms with E-state index in [9.17, 15) is 4.79 Å². The number of amides is 2. The van der Waals surface area contributed by atoms with Crippen molar-refractivity contribution in [3.05, 3.63) is 29.3 Å². The zero-order valence-corrected chi connectivity index (χ0v) is 18.3. The van der Waals surface area contributed by atoms with Crippen LogP contribution in [0, 0.1) is 0 Å². The van der Waals surface area contributed by atoms with Crippen LogP contribution in [0.4, 0.5) is 4.79 Å². The molecule has 158 valence electrons. The third kappa shape index (κ3) is 6.13. The van der Waals surface area contributed by atoms with Gasteiger partial charge in [-0.1, -0.05) is 26.0 Å². The number of fused-ring (bicyclic) bond motifs is 1. The van der Waals surface area contributed by atoms with E-state index in [1.807, 2.05) is 13.8 Å². The van der Waals surface area contributed by atoms with Crippen molar-refractivity contribution in [3.8, 4) is 5.75 Å². The zero-order valence-electron chi connectivity index (χ0n) is 18.3. The maximum atomic E-state index is 12.0. The molecule has 0 aliphatic heterocycles. The molecule has 0 fully saturated rings. The molecule has 0 spiro atoms. The maximum Gasteiger partial charge on any atom is 0.317 e. The molecular formula is C23H39N3O2. The van der Waals surface area contributed by atoms with Gasteiger partial charge >= 0.3 is 6.03 Å². The summed E-state index contributed by atoms with van der Waals surface area (Å²) < 4.78 is 6.10. The van der Waals surface area contributed by atoms with Crippen LogP contribution in [0.15, 0.2) is 18.2 Å². The van der Waals surface area contributed by atoms with Gasteiger partial charge in [-0.25, -0.2) is 4.79 Å². The number of aryl methyl sites for hydroxylation is 1. The largest absolute Gasteiger partial charge is 0.491 e. The normalized spacial score (nSPS) is 16.0. The Bertz CT molecular complexity index is 596. The van der Waals surface area contributed by atoms with Crippen molar-refractivity contribution in [2.45, 2.75) is 65.8 Å². The van der Waals surface area contributed by atoms with Crippen LogP contribution in [-0.2, 0) is 12.8 Å². The lowest BCUT2D eigenvalue weighted by atomic mass is 9.86. The van der Waals surface area contributed by atoms with Gasteiger partial charge in [0.15, 0.2) is 0 Å². The number of carbonyl (C=O) groups excluding carboxylic acids is 1. The molecule has 1 aliphatic carbocycles. The van der Waals surface area contributed by atoms with Crippen LogP contribution in [-0.4, -0.2) is 61.2 Å². The summed E-state index contributed by atoms with van der Waals surface area (Å²) in [4.78, 5) is 16.5. The molecule has 1 atom stereocenters. The second-order valence-corrected chi connectivity index (χ2v) is 7.58. The topological polar surface area (TPSA) is 44.8 Å². The van der Waals surface area contributed by atoms with Gasteiger partial charge < -0.3 is 19.9 Å². The Kier molecular flexibility index (Phi) is 9.62. The molecule has 0 bridgehead atoms. The van der Waals surface area contributed by atoms with Gasteiger partial charge in [0.25, 0.3) is 0 Å². The standard InChI is InChI=1S/C23H39N3O2/c1-5-15-26(16-6-2)20-13-12-19-10-9-11-22(21(19)18-20)28-17-14-24-23(27)25(7-3)8-4/h9-11,20H,5-8,12-18H2,1-4H3,(H,24,27). The number of benzene rings is 1. The highest BCUT2D eigenvalue weighted by molar-refractivity contribution is 5.74. The number of hydrogen-bond donors (Lipinski definition) is 1. The molecule has 1 aromatic rings. The fourth-order valence-electron chi connectivity index (χ4n) is 4.18. The summed E-state index contributed by atoms with van der Waals surface area (Å²) in [6.45, 7) is 13.3. The summed E-state index contributed by atoms with van der Waals surface area (Å²) in [7, 11) is 0. The minimum absolute atomic E-state index is 0.0153. The summed E-state index contributed by atoms with van der Waals surface area (Å²) in [6, 6.07) is 7.01. The molecule has 1 unspecified atom stereocenters. The number of nitrogens with one attached hydrogen (secondary N) is 1. The predicted molar refractivity (Wildman–Crippen MR) is 116 cm³/mol. The van der Waals surface area contributed by atoms with Crippen molar-refractivity contribution in [3.63, 3.8) is 0 Å². The van der Waals surface area contributed by atoms with E-state index < -0.39 is 0 Å². The molecule has 28 heavy (non-hydrogen) atoms. The van der Waals surface area contributed by atoms with Crippen molar-refractivity contribution < 1.29 is 9.53 Å². The van der Waals surface area contributed by atoms with E-state index in [4.69, 9.17) is 4.74 Å². The van der Waals surface area contributed by atoms with Gasteiger partial charge in [0.1, 0.15) is 12.4 Å². The molecule has 0 saturated carbocycles. The third-order valence-corrected chi connectivity index (χ3v) is 5.64. The maximum absolute atomic E-state index is 12.0. The SMILES string of the molecule is CCCN(CCC)C1CCc2cccc(OCCNC(=O)N(CC)CC)c2C1. The minimum atomic E-state index is -0.0153. The van der Waals surface area contributed by atoms with Gasteiger partial charge in [0.2, 0.25) is 0 Å². The first-order chi connectivity index (χ1) is 13.6. The van der Waals surface area contributed by atoms with E-state index in [0.29, 0.717) is 19.2 Å². The van der Waals surface area contributed by atoms with E-state index in [1.54, 1.807) is 4.90 Å². The lowest BCUT2D eigenvalue weighted by molar-refractivity contribution is 0.178. The van der Waals surface area contributed by atoms with Gasteiger partial charge in [-0.2, -0.15) is 0 Å². The number of urea groups is 1. The van der Waals surface area contributed by atoms with E-state index in [0.717, 1.165) is 31.7 Å². The summed E-state index contributed by atoms with van der Waals surface area (Å²) >= 11 is 0. The molecule has 0 radical (unpaired) electrons. The summed E-state index contributed by atoms with van der Waals surface area (Å²) in [5.74, 6) is 0.993. The Morgan fingerprint density at radius 3 is 2.50 bits per heavy atom. The molecule has 5 heteroatoms. The first-order valence-corrected chi connectivity index (χ1v) is 11.1. The van der Waals surface area contributed by atoms with Crippen molar-refractivity contribution in [1.29, 1.82) is 0 Å². The fourth-order valence-corrected chi connectivity index (χ4v) is 4.18. The van der Waals surface area contributed by atoms with Gasteiger partial charge in [-0.3, -0.25) is 0 Å². The summed E-state index contributed by atoms with van der Waals surface area (Å²) in [5, 5.41) is 2.95. The van der Waals surface area contributed by atoms with Gasteiger partial charge in [0.05, 0.1) is 6.54 Å². The highest BCUT2D eigenvalue weighted by Gasteiger charge is 2.25. The minimum Gasteiger partial charge on any atom is -0.491 e. The number of carbonyl (C=O) groups is 1. The first kappa shape index (κ1) is 22.5. The van der Waals surface area contributed by atoms with Crippen LogP contribution >= 0.6 is 0 Å². The molecule has 2 amide bonds. The Morgan fingerprint density at radius 1 is 1.14 bits per heavy atom. The van der Waals surface area contributed by atoms with E-state index in [2.05, 4.69) is 42.3 Å². The monoisotopic (exact) mass is 389 g/mol. The third-order valence-electron chi connectivity index (χ3n) is 5.64. The van der Waals surface area contributed by atoms with E-state index in [-0.39, 0.29) is 6.03 Å². The molecule has 5 nitrogen and oxygen atoms in total. The van der Waals surface area contributed by atoms with Crippen molar-refractivity contribution in [1.82, 2.24) is 15.1 Å². The van der Waals surface area contributed by atoms with Gasteiger partial charge in [-0.15, -0.1) is 0 Å². The first-order valence-electron chi connectivity index (χ1n) is 11.1. The van der Waals surface area contributed by atoms with Crippen LogP contribution in [0.5, 0.6) is 5.75 Å². The number of ether oxygens (including phenoxy) is 1. The Labute approximate surface area is 171 Å². The number of nitrogens with zero attached hydrogens (tertiary/aromatic N) is 2. The van der Waals surface area contributed by atoms with Gasteiger partial charge in [0, 0.05) is 19.1 Å². The molecule has 2 rings (SSSR count). The molecule has 0 saturated heterocycles. The van der Waals surface area contributed by atoms with Crippen molar-refractivity contribution >= 4 is 6.03 Å². The Morgan fingerprint density at radius 2 is 1.86 bits per heavy atom. The van der Waals surface area contributed by atoms with E-state index in [1.165, 1.54) is 43.5 Å². The molecule has 1 aliphatic rings. The highest BCUT2D eigenvalue weighted by Crippen LogP contribution is 2.31. The van der Waals surface area contributed by atoms with E-state index >= 15 is 0 Å². The van der Waals surface area contributed by atoms with Crippen molar-refractivity contribution in [2.75, 3.05) is 39.3 Å². The number of hydrogen-bond acceptors (Lipinski definition) is 3. The molecule has 1 aromatic carbocycles. The average Bonchev–Trinajstić information content (AvgIpc) is 2.71. The quantitative estimate of drug-likeness (QED) is 0.580. The lowest BCUT2D eigenvalue weighted by Crippen LogP contribution is -2.41. The molecule has 1 N–H and O–H groups in total. The highest BCUT2D eigenvalue weighted by atomic mass is 16.5. The average molecular weight is 390 g/mol.